The van der Waals surface area contributed by atoms with E-state index in [-0.39, 0.29) is 11.1 Å². The van der Waals surface area contributed by atoms with Gasteiger partial charge in [-0.2, -0.15) is 0 Å². The summed E-state index contributed by atoms with van der Waals surface area (Å²) >= 11 is 5.88. The van der Waals surface area contributed by atoms with Crippen molar-refractivity contribution in [2.45, 2.75) is 18.8 Å². The Morgan fingerprint density at radius 3 is 2.94 bits per heavy atom. The van der Waals surface area contributed by atoms with Crippen molar-refractivity contribution in [2.75, 3.05) is 0 Å². The maximum atomic E-state index is 10.7. The molecule has 0 aliphatic carbocycles. The van der Waals surface area contributed by atoms with Crippen LogP contribution in [0.4, 0.5) is 5.69 Å². The van der Waals surface area contributed by atoms with Crippen LogP contribution in [-0.2, 0) is 6.54 Å². The minimum absolute atomic E-state index is 0.0681. The molecule has 2 rings (SSSR count). The third-order valence-electron chi connectivity index (χ3n) is 2.43. The van der Waals surface area contributed by atoms with Gasteiger partial charge in [0.15, 0.2) is 0 Å². The number of aromatic nitrogens is 3. The minimum atomic E-state index is -0.420. The van der Waals surface area contributed by atoms with Gasteiger partial charge in [-0.3, -0.25) is 10.1 Å². The maximum Gasteiger partial charge on any atom is 0.269 e. The average Bonchev–Trinajstić information content (AvgIpc) is 2.78. The molecule has 6 nitrogen and oxygen atoms in total. The van der Waals surface area contributed by atoms with Crippen LogP contribution >= 0.6 is 11.6 Å². The molecule has 94 valence electrons. The largest absolute Gasteiger partial charge is 0.269 e. The maximum absolute atomic E-state index is 10.7. The molecule has 0 fully saturated rings. The Morgan fingerprint density at radius 1 is 1.56 bits per heavy atom. The lowest BCUT2D eigenvalue weighted by Crippen LogP contribution is -2.01. The molecule has 0 spiro atoms. The molecule has 1 atom stereocenters. The van der Waals surface area contributed by atoms with E-state index in [9.17, 15) is 10.1 Å². The van der Waals surface area contributed by atoms with Gasteiger partial charge in [-0.1, -0.05) is 17.3 Å². The predicted molar refractivity (Wildman–Crippen MR) is 66.5 cm³/mol. The smallest absolute Gasteiger partial charge is 0.258 e. The highest BCUT2D eigenvalue weighted by atomic mass is 35.5. The Balaban J connectivity index is 2.17. The van der Waals surface area contributed by atoms with E-state index in [0.717, 1.165) is 5.56 Å². The summed E-state index contributed by atoms with van der Waals surface area (Å²) in [4.78, 5) is 10.2. The lowest BCUT2D eigenvalue weighted by atomic mass is 10.2. The third kappa shape index (κ3) is 2.84. The summed E-state index contributed by atoms with van der Waals surface area (Å²) in [6, 6.07) is 6.43. The van der Waals surface area contributed by atoms with Gasteiger partial charge in [-0.15, -0.1) is 16.7 Å². The van der Waals surface area contributed by atoms with Crippen LogP contribution in [-0.4, -0.2) is 19.9 Å². The lowest BCUT2D eigenvalue weighted by Gasteiger charge is -2.00. The van der Waals surface area contributed by atoms with Crippen LogP contribution in [0.5, 0.6) is 0 Å². The summed E-state index contributed by atoms with van der Waals surface area (Å²) < 4.78 is 1.60. The van der Waals surface area contributed by atoms with Gasteiger partial charge in [0.25, 0.3) is 5.69 Å². The topological polar surface area (TPSA) is 73.8 Å². The highest BCUT2D eigenvalue weighted by molar-refractivity contribution is 6.20. The molecule has 0 radical (unpaired) electrons. The Morgan fingerprint density at radius 2 is 2.33 bits per heavy atom. The van der Waals surface area contributed by atoms with Crippen molar-refractivity contribution in [3.8, 4) is 0 Å². The monoisotopic (exact) mass is 266 g/mol. The third-order valence-corrected chi connectivity index (χ3v) is 2.65. The fourth-order valence-corrected chi connectivity index (χ4v) is 1.63. The molecule has 0 N–H and O–H groups in total. The van der Waals surface area contributed by atoms with E-state index in [1.807, 2.05) is 6.92 Å². The van der Waals surface area contributed by atoms with Crippen molar-refractivity contribution < 1.29 is 4.92 Å². The van der Waals surface area contributed by atoms with Gasteiger partial charge in [0.05, 0.1) is 23.0 Å². The normalized spacial score (nSPS) is 12.3. The molecule has 0 aliphatic heterocycles. The van der Waals surface area contributed by atoms with Crippen LogP contribution in [0.1, 0.15) is 23.6 Å². The second kappa shape index (κ2) is 5.14. The first kappa shape index (κ1) is 12.5. The fraction of sp³-hybridized carbons (Fsp3) is 0.273. The Kier molecular flexibility index (Phi) is 3.57. The number of nitro groups is 1. The molecule has 1 unspecified atom stereocenters. The van der Waals surface area contributed by atoms with E-state index in [4.69, 9.17) is 11.6 Å². The summed E-state index contributed by atoms with van der Waals surface area (Å²) in [6.07, 6.45) is 1.73. The van der Waals surface area contributed by atoms with Crippen molar-refractivity contribution in [3.05, 3.63) is 51.8 Å². The SMILES string of the molecule is CC(Cl)c1cn(Cc2cccc([N+](=O)[O-])c2)nn1. The van der Waals surface area contributed by atoms with Gasteiger partial charge in [0.2, 0.25) is 0 Å². The molecule has 7 heteroatoms. The molecule has 18 heavy (non-hydrogen) atoms. The summed E-state index contributed by atoms with van der Waals surface area (Å²) in [5.41, 5.74) is 1.54. The van der Waals surface area contributed by atoms with Crippen molar-refractivity contribution in [3.63, 3.8) is 0 Å². The zero-order chi connectivity index (χ0) is 13.1. The number of hydrogen-bond donors (Lipinski definition) is 0. The van der Waals surface area contributed by atoms with Crippen LogP contribution in [0.2, 0.25) is 0 Å². The second-order valence-electron chi connectivity index (χ2n) is 3.88. The standard InChI is InChI=1S/C11H11ClN4O2/c1-8(12)11-7-15(14-13-11)6-9-3-2-4-10(5-9)16(17)18/h2-5,7-8H,6H2,1H3. The van der Waals surface area contributed by atoms with Gasteiger partial charge >= 0.3 is 0 Å². The predicted octanol–water partition coefficient (Wildman–Crippen LogP) is 2.53. The second-order valence-corrected chi connectivity index (χ2v) is 4.54. The summed E-state index contributed by atoms with van der Waals surface area (Å²) in [7, 11) is 0. The number of rotatable bonds is 4. The van der Waals surface area contributed by atoms with Crippen LogP contribution in [0.3, 0.4) is 0 Å². The van der Waals surface area contributed by atoms with E-state index in [1.54, 1.807) is 23.0 Å². The zero-order valence-corrected chi connectivity index (χ0v) is 10.4. The summed E-state index contributed by atoms with van der Waals surface area (Å²) in [5, 5.41) is 18.3. The van der Waals surface area contributed by atoms with Gasteiger partial charge in [-0.05, 0) is 12.5 Å². The molecule has 0 saturated heterocycles. The molecular formula is C11H11ClN4O2. The zero-order valence-electron chi connectivity index (χ0n) is 9.65. The van der Waals surface area contributed by atoms with E-state index in [1.165, 1.54) is 12.1 Å². The van der Waals surface area contributed by atoms with Crippen LogP contribution < -0.4 is 0 Å². The van der Waals surface area contributed by atoms with E-state index in [2.05, 4.69) is 10.3 Å². The number of benzene rings is 1. The Hall–Kier alpha value is -1.95. The van der Waals surface area contributed by atoms with E-state index >= 15 is 0 Å². The minimum Gasteiger partial charge on any atom is -0.258 e. The number of non-ortho nitro benzene ring substituents is 1. The molecule has 0 amide bonds. The first-order chi connectivity index (χ1) is 8.56. The van der Waals surface area contributed by atoms with Gasteiger partial charge in [0.1, 0.15) is 5.69 Å². The van der Waals surface area contributed by atoms with Crippen LogP contribution in [0.15, 0.2) is 30.5 Å². The first-order valence-electron chi connectivity index (χ1n) is 5.33. The molecular weight excluding hydrogens is 256 g/mol. The quantitative estimate of drug-likeness (QED) is 0.484. The van der Waals surface area contributed by atoms with Gasteiger partial charge < -0.3 is 0 Å². The highest BCUT2D eigenvalue weighted by Crippen LogP contribution is 2.17. The fourth-order valence-electron chi connectivity index (χ4n) is 1.53. The highest BCUT2D eigenvalue weighted by Gasteiger charge is 2.09. The summed E-state index contributed by atoms with van der Waals surface area (Å²) in [6.45, 7) is 2.24. The van der Waals surface area contributed by atoms with Crippen molar-refractivity contribution in [1.82, 2.24) is 15.0 Å². The average molecular weight is 267 g/mol. The first-order valence-corrected chi connectivity index (χ1v) is 5.77. The molecule has 2 aromatic rings. The van der Waals surface area contributed by atoms with E-state index in [0.29, 0.717) is 12.2 Å². The van der Waals surface area contributed by atoms with Crippen molar-refractivity contribution >= 4 is 17.3 Å². The number of alkyl halides is 1. The molecule has 1 aromatic heterocycles. The number of halogens is 1. The van der Waals surface area contributed by atoms with Crippen molar-refractivity contribution in [1.29, 1.82) is 0 Å². The van der Waals surface area contributed by atoms with Crippen molar-refractivity contribution in [2.24, 2.45) is 0 Å². The Bertz CT molecular complexity index is 568. The molecule has 0 aliphatic rings. The van der Waals surface area contributed by atoms with Crippen LogP contribution in [0, 0.1) is 10.1 Å². The molecule has 1 aromatic carbocycles. The summed E-state index contributed by atoms with van der Waals surface area (Å²) in [5.74, 6) is 0. The number of nitro benzene ring substituents is 1. The van der Waals surface area contributed by atoms with E-state index < -0.39 is 4.92 Å². The number of nitrogens with zero attached hydrogens (tertiary/aromatic N) is 4. The molecule has 1 heterocycles. The Labute approximate surface area is 108 Å². The van der Waals surface area contributed by atoms with Gasteiger partial charge in [-0.25, -0.2) is 4.68 Å². The molecule has 0 bridgehead atoms. The lowest BCUT2D eigenvalue weighted by molar-refractivity contribution is -0.384. The molecule has 0 saturated carbocycles. The number of hydrogen-bond acceptors (Lipinski definition) is 4. The van der Waals surface area contributed by atoms with Gasteiger partial charge in [0, 0.05) is 12.1 Å². The van der Waals surface area contributed by atoms with Crippen LogP contribution in [0.25, 0.3) is 0 Å².